The van der Waals surface area contributed by atoms with Crippen LogP contribution in [-0.4, -0.2) is 47.4 Å². The zero-order valence-electron chi connectivity index (χ0n) is 9.41. The lowest BCUT2D eigenvalue weighted by Crippen LogP contribution is -2.42. The topological polar surface area (TPSA) is 49.5 Å². The van der Waals surface area contributed by atoms with Gasteiger partial charge < -0.3 is 15.7 Å². The van der Waals surface area contributed by atoms with Crippen LogP contribution in [0.25, 0.3) is 0 Å². The molecule has 1 heterocycles. The van der Waals surface area contributed by atoms with Crippen LogP contribution >= 0.6 is 12.2 Å². The van der Waals surface area contributed by atoms with Crippen LogP contribution in [0.1, 0.15) is 12.8 Å². The van der Waals surface area contributed by atoms with Gasteiger partial charge in [-0.15, -0.1) is 0 Å². The summed E-state index contributed by atoms with van der Waals surface area (Å²) in [5.74, 6) is -1.45. The summed E-state index contributed by atoms with van der Waals surface area (Å²) in [6, 6.07) is 0. The molecule has 7 heteroatoms. The molecule has 0 spiro atoms. The van der Waals surface area contributed by atoms with Crippen LogP contribution in [0.2, 0.25) is 0 Å². The summed E-state index contributed by atoms with van der Waals surface area (Å²) < 4.78 is 37.9. The summed E-state index contributed by atoms with van der Waals surface area (Å²) in [6.45, 7) is 1.10. The minimum absolute atomic E-state index is 0.0799. The number of rotatable bonds is 5. The first-order valence-corrected chi connectivity index (χ1v) is 5.94. The number of likely N-dealkylation sites (tertiary alicyclic amines) is 1. The van der Waals surface area contributed by atoms with E-state index >= 15 is 0 Å². The fourth-order valence-electron chi connectivity index (χ4n) is 2.11. The van der Waals surface area contributed by atoms with Crippen molar-refractivity contribution < 1.29 is 18.3 Å². The molecule has 2 atom stereocenters. The first kappa shape index (κ1) is 14.7. The average Bonchev–Trinajstić information content (AvgIpc) is 2.60. The highest BCUT2D eigenvalue weighted by atomic mass is 32.1. The Kier molecular flexibility index (Phi) is 5.15. The Balaban J connectivity index is 2.50. The average molecular weight is 270 g/mol. The van der Waals surface area contributed by atoms with E-state index in [0.29, 0.717) is 19.5 Å². The third-order valence-electron chi connectivity index (χ3n) is 3.09. The molecule has 17 heavy (non-hydrogen) atoms. The molecule has 100 valence electrons. The van der Waals surface area contributed by atoms with E-state index in [9.17, 15) is 13.2 Å². The molecule has 3 N–H and O–H groups in total. The zero-order chi connectivity index (χ0) is 13.1. The minimum Gasteiger partial charge on any atom is -0.396 e. The monoisotopic (exact) mass is 270 g/mol. The third-order valence-corrected chi connectivity index (χ3v) is 3.37. The van der Waals surface area contributed by atoms with Gasteiger partial charge in [-0.2, -0.15) is 13.2 Å². The summed E-state index contributed by atoms with van der Waals surface area (Å²) in [7, 11) is 0. The lowest BCUT2D eigenvalue weighted by molar-refractivity contribution is -0.158. The third kappa shape index (κ3) is 4.40. The summed E-state index contributed by atoms with van der Waals surface area (Å²) in [5.41, 5.74) is 5.14. The minimum atomic E-state index is -4.37. The largest absolute Gasteiger partial charge is 0.399 e. The standard InChI is InChI=1S/C10H17F3N2OS/c11-10(12,13)8(9(14)17)6-15-3-1-7(5-15)2-4-16/h7-8,16H,1-6H2,(H2,14,17). The Labute approximate surface area is 104 Å². The maximum Gasteiger partial charge on any atom is 0.399 e. The molecule has 1 saturated heterocycles. The SMILES string of the molecule is NC(=S)C(CN1CCC(CCO)C1)C(F)(F)F. The Morgan fingerprint density at radius 3 is 2.65 bits per heavy atom. The molecule has 0 bridgehead atoms. The number of hydrogen-bond donors (Lipinski definition) is 2. The Morgan fingerprint density at radius 2 is 2.18 bits per heavy atom. The molecule has 1 aliphatic rings. The Hall–Kier alpha value is -0.400. The van der Waals surface area contributed by atoms with Gasteiger partial charge in [-0.25, -0.2) is 0 Å². The molecule has 0 aromatic carbocycles. The van der Waals surface area contributed by atoms with E-state index in [0.717, 1.165) is 6.42 Å². The molecule has 0 saturated carbocycles. The van der Waals surface area contributed by atoms with Crippen LogP contribution in [0.5, 0.6) is 0 Å². The first-order chi connectivity index (χ1) is 7.84. The highest BCUT2D eigenvalue weighted by molar-refractivity contribution is 7.80. The van der Waals surface area contributed by atoms with Crippen molar-refractivity contribution in [2.45, 2.75) is 19.0 Å². The van der Waals surface area contributed by atoms with Gasteiger partial charge in [-0.3, -0.25) is 0 Å². The lowest BCUT2D eigenvalue weighted by Gasteiger charge is -2.24. The molecule has 2 unspecified atom stereocenters. The van der Waals surface area contributed by atoms with Crippen molar-refractivity contribution in [2.24, 2.45) is 17.6 Å². The number of aliphatic hydroxyl groups excluding tert-OH is 1. The highest BCUT2D eigenvalue weighted by Crippen LogP contribution is 2.29. The first-order valence-electron chi connectivity index (χ1n) is 5.54. The molecular weight excluding hydrogens is 253 g/mol. The van der Waals surface area contributed by atoms with E-state index < -0.39 is 17.1 Å². The Bertz CT molecular complexity index is 273. The zero-order valence-corrected chi connectivity index (χ0v) is 10.2. The number of halogens is 3. The van der Waals surface area contributed by atoms with Crippen LogP contribution in [0, 0.1) is 11.8 Å². The van der Waals surface area contributed by atoms with Crippen LogP contribution in [0.15, 0.2) is 0 Å². The number of aliphatic hydroxyl groups is 1. The number of alkyl halides is 3. The number of thiocarbonyl (C=S) groups is 1. The molecule has 0 amide bonds. The van der Waals surface area contributed by atoms with Gasteiger partial charge in [0.15, 0.2) is 0 Å². The van der Waals surface area contributed by atoms with E-state index in [2.05, 4.69) is 12.2 Å². The van der Waals surface area contributed by atoms with Crippen molar-refractivity contribution in [2.75, 3.05) is 26.2 Å². The molecule has 1 rings (SSSR count). The smallest absolute Gasteiger partial charge is 0.396 e. The van der Waals surface area contributed by atoms with Gasteiger partial charge in [-0.05, 0) is 25.3 Å². The summed E-state index contributed by atoms with van der Waals surface area (Å²) in [4.78, 5) is 1.22. The van der Waals surface area contributed by atoms with Crippen LogP contribution in [-0.2, 0) is 0 Å². The predicted molar refractivity (Wildman–Crippen MR) is 62.6 cm³/mol. The molecule has 3 nitrogen and oxygen atoms in total. The fourth-order valence-corrected chi connectivity index (χ4v) is 2.32. The number of hydrogen-bond acceptors (Lipinski definition) is 3. The summed E-state index contributed by atoms with van der Waals surface area (Å²) in [6.07, 6.45) is -2.91. The molecule has 1 aliphatic heterocycles. The van der Waals surface area contributed by atoms with Crippen molar-refractivity contribution in [3.63, 3.8) is 0 Å². The quantitative estimate of drug-likeness (QED) is 0.736. The second kappa shape index (κ2) is 5.97. The van der Waals surface area contributed by atoms with Gasteiger partial charge in [0.05, 0.1) is 4.99 Å². The van der Waals surface area contributed by atoms with Crippen LogP contribution < -0.4 is 5.73 Å². The molecule has 0 radical (unpaired) electrons. The lowest BCUT2D eigenvalue weighted by atomic mass is 10.1. The van der Waals surface area contributed by atoms with Gasteiger partial charge in [0.2, 0.25) is 0 Å². The molecular formula is C10H17F3N2OS. The Morgan fingerprint density at radius 1 is 1.53 bits per heavy atom. The predicted octanol–water partition coefficient (Wildman–Crippen LogP) is 1.16. The normalized spacial score (nSPS) is 23.9. The second-order valence-electron chi connectivity index (χ2n) is 4.42. The van der Waals surface area contributed by atoms with Crippen LogP contribution in [0.3, 0.4) is 0 Å². The van der Waals surface area contributed by atoms with Crippen LogP contribution in [0.4, 0.5) is 13.2 Å². The van der Waals surface area contributed by atoms with E-state index in [-0.39, 0.29) is 19.1 Å². The van der Waals surface area contributed by atoms with Gasteiger partial charge in [0.25, 0.3) is 0 Å². The van der Waals surface area contributed by atoms with E-state index in [1.54, 1.807) is 4.90 Å². The maximum absolute atomic E-state index is 12.6. The number of nitrogens with zero attached hydrogens (tertiary/aromatic N) is 1. The van der Waals surface area contributed by atoms with E-state index in [4.69, 9.17) is 10.8 Å². The summed E-state index contributed by atoms with van der Waals surface area (Å²) in [5, 5.41) is 8.77. The van der Waals surface area contributed by atoms with Crippen molar-refractivity contribution in [1.29, 1.82) is 0 Å². The highest BCUT2D eigenvalue weighted by Gasteiger charge is 2.43. The molecule has 0 aromatic rings. The van der Waals surface area contributed by atoms with Gasteiger partial charge in [0, 0.05) is 19.7 Å². The fraction of sp³-hybridized carbons (Fsp3) is 0.900. The van der Waals surface area contributed by atoms with Crippen molar-refractivity contribution in [3.8, 4) is 0 Å². The summed E-state index contributed by atoms with van der Waals surface area (Å²) >= 11 is 4.47. The van der Waals surface area contributed by atoms with E-state index in [1.165, 1.54) is 0 Å². The maximum atomic E-state index is 12.6. The van der Waals surface area contributed by atoms with Gasteiger partial charge in [0.1, 0.15) is 5.92 Å². The van der Waals surface area contributed by atoms with E-state index in [1.807, 2.05) is 0 Å². The molecule has 0 aromatic heterocycles. The number of nitrogens with two attached hydrogens (primary N) is 1. The van der Waals surface area contributed by atoms with Crippen molar-refractivity contribution in [1.82, 2.24) is 4.90 Å². The van der Waals surface area contributed by atoms with Gasteiger partial charge in [-0.1, -0.05) is 12.2 Å². The van der Waals surface area contributed by atoms with Crippen molar-refractivity contribution >= 4 is 17.2 Å². The molecule has 0 aliphatic carbocycles. The van der Waals surface area contributed by atoms with Crippen molar-refractivity contribution in [3.05, 3.63) is 0 Å². The molecule has 1 fully saturated rings. The second-order valence-corrected chi connectivity index (χ2v) is 4.89. The van der Waals surface area contributed by atoms with Gasteiger partial charge >= 0.3 is 6.18 Å².